The van der Waals surface area contributed by atoms with Gasteiger partial charge >= 0.3 is 0 Å². The molecule has 0 fully saturated rings. The number of phenolic OH excluding ortho intramolecular Hbond substituents is 1. The van der Waals surface area contributed by atoms with E-state index in [4.69, 9.17) is 9.47 Å². The number of nitrogens with zero attached hydrogens (tertiary/aromatic N) is 1. The fourth-order valence-corrected chi connectivity index (χ4v) is 2.80. The topological polar surface area (TPSA) is 71.0 Å². The minimum Gasteiger partial charge on any atom is -0.508 e. The van der Waals surface area contributed by atoms with Crippen LogP contribution in [0.2, 0.25) is 0 Å². The van der Waals surface area contributed by atoms with Crippen LogP contribution in [-0.4, -0.2) is 42.7 Å². The molecular weight excluding hydrogens is 332 g/mol. The first kappa shape index (κ1) is 17.7. The van der Waals surface area contributed by atoms with Gasteiger partial charge < -0.3 is 24.8 Å². The van der Waals surface area contributed by atoms with Crippen molar-refractivity contribution in [1.82, 2.24) is 10.2 Å². The van der Waals surface area contributed by atoms with E-state index in [1.807, 2.05) is 25.1 Å². The van der Waals surface area contributed by atoms with E-state index in [2.05, 4.69) is 5.32 Å². The molecule has 0 aliphatic carbocycles. The Morgan fingerprint density at radius 3 is 2.65 bits per heavy atom. The van der Waals surface area contributed by atoms with Gasteiger partial charge in [0.1, 0.15) is 5.75 Å². The monoisotopic (exact) mass is 354 g/mol. The second-order valence-corrected chi connectivity index (χ2v) is 5.81. The van der Waals surface area contributed by atoms with Crippen LogP contribution in [0.1, 0.15) is 22.8 Å². The van der Waals surface area contributed by atoms with Gasteiger partial charge in [-0.05, 0) is 49.4 Å². The predicted molar refractivity (Wildman–Crippen MR) is 99.3 cm³/mol. The van der Waals surface area contributed by atoms with E-state index in [0.29, 0.717) is 36.8 Å². The molecule has 0 saturated carbocycles. The quantitative estimate of drug-likeness (QED) is 0.864. The summed E-state index contributed by atoms with van der Waals surface area (Å²) in [6, 6.07) is 11.9. The Morgan fingerprint density at radius 2 is 1.96 bits per heavy atom. The lowest BCUT2D eigenvalue weighted by Crippen LogP contribution is -2.37. The third kappa shape index (κ3) is 3.74. The van der Waals surface area contributed by atoms with Crippen molar-refractivity contribution in [2.45, 2.75) is 6.92 Å². The van der Waals surface area contributed by atoms with Crippen LogP contribution in [0.4, 0.5) is 0 Å². The zero-order valence-electron chi connectivity index (χ0n) is 14.9. The Bertz CT molecular complexity index is 815. The number of hydrogen-bond donors (Lipinski definition) is 2. The first-order chi connectivity index (χ1) is 12.6. The fourth-order valence-electron chi connectivity index (χ4n) is 2.80. The number of methoxy groups -OCH3 is 1. The minimum absolute atomic E-state index is 0.109. The van der Waals surface area contributed by atoms with E-state index in [1.165, 1.54) is 12.1 Å². The standard InChI is InChI=1S/C20H22N2O4/c1-3-26-19-12-15(6-9-18(19)25-2)17-13-22(11-10-21-17)20(24)14-4-7-16(23)8-5-14/h4-9,12-13,21,23H,3,10-11H2,1-2H3. The molecular formula is C20H22N2O4. The molecule has 2 N–H and O–H groups in total. The molecule has 1 aliphatic heterocycles. The van der Waals surface area contributed by atoms with Gasteiger partial charge in [0.05, 0.1) is 19.4 Å². The molecule has 2 aromatic carbocycles. The molecule has 26 heavy (non-hydrogen) atoms. The molecule has 1 aliphatic rings. The minimum atomic E-state index is -0.109. The molecule has 136 valence electrons. The van der Waals surface area contributed by atoms with Crippen molar-refractivity contribution in [2.75, 3.05) is 26.8 Å². The molecule has 3 rings (SSSR count). The zero-order valence-corrected chi connectivity index (χ0v) is 14.9. The second kappa shape index (κ2) is 7.82. The molecule has 0 bridgehead atoms. The average molecular weight is 354 g/mol. The highest BCUT2D eigenvalue weighted by atomic mass is 16.5. The van der Waals surface area contributed by atoms with E-state index in [9.17, 15) is 9.90 Å². The summed E-state index contributed by atoms with van der Waals surface area (Å²) < 4.78 is 10.9. The van der Waals surface area contributed by atoms with E-state index < -0.39 is 0 Å². The number of aromatic hydroxyl groups is 1. The van der Waals surface area contributed by atoms with Crippen LogP contribution < -0.4 is 14.8 Å². The summed E-state index contributed by atoms with van der Waals surface area (Å²) in [7, 11) is 1.60. The normalized spacial score (nSPS) is 13.6. The third-order valence-electron chi connectivity index (χ3n) is 4.10. The second-order valence-electron chi connectivity index (χ2n) is 5.81. The Kier molecular flexibility index (Phi) is 5.31. The van der Waals surface area contributed by atoms with E-state index in [1.54, 1.807) is 30.3 Å². The Balaban J connectivity index is 1.87. The van der Waals surface area contributed by atoms with Crippen LogP contribution >= 0.6 is 0 Å². The van der Waals surface area contributed by atoms with E-state index >= 15 is 0 Å². The van der Waals surface area contributed by atoms with Gasteiger partial charge in [0.25, 0.3) is 5.91 Å². The molecule has 0 saturated heterocycles. The van der Waals surface area contributed by atoms with Crippen molar-refractivity contribution < 1.29 is 19.4 Å². The van der Waals surface area contributed by atoms with Gasteiger partial charge in [-0.15, -0.1) is 0 Å². The van der Waals surface area contributed by atoms with Crippen LogP contribution in [0.5, 0.6) is 17.2 Å². The number of rotatable bonds is 5. The number of ether oxygens (including phenoxy) is 2. The van der Waals surface area contributed by atoms with E-state index in [-0.39, 0.29) is 11.7 Å². The number of carbonyl (C=O) groups is 1. The Morgan fingerprint density at radius 1 is 1.19 bits per heavy atom. The van der Waals surface area contributed by atoms with Gasteiger partial charge in [-0.3, -0.25) is 4.79 Å². The van der Waals surface area contributed by atoms with Crippen molar-refractivity contribution in [3.05, 3.63) is 59.8 Å². The fraction of sp³-hybridized carbons (Fsp3) is 0.250. The number of hydrogen-bond acceptors (Lipinski definition) is 5. The summed E-state index contributed by atoms with van der Waals surface area (Å²) in [6.07, 6.45) is 1.80. The summed E-state index contributed by atoms with van der Waals surface area (Å²) in [5.74, 6) is 1.36. The lowest BCUT2D eigenvalue weighted by atomic mass is 10.1. The van der Waals surface area contributed by atoms with Crippen molar-refractivity contribution >= 4 is 11.6 Å². The van der Waals surface area contributed by atoms with Crippen LogP contribution in [-0.2, 0) is 0 Å². The lowest BCUT2D eigenvalue weighted by molar-refractivity contribution is 0.0819. The molecule has 1 amide bonds. The lowest BCUT2D eigenvalue weighted by Gasteiger charge is -2.27. The summed E-state index contributed by atoms with van der Waals surface area (Å²) in [6.45, 7) is 3.67. The predicted octanol–water partition coefficient (Wildman–Crippen LogP) is 2.84. The maximum atomic E-state index is 12.7. The van der Waals surface area contributed by atoms with Gasteiger partial charge in [-0.1, -0.05) is 0 Å². The molecule has 6 heteroatoms. The first-order valence-corrected chi connectivity index (χ1v) is 8.49. The van der Waals surface area contributed by atoms with Gasteiger partial charge in [-0.2, -0.15) is 0 Å². The molecule has 0 spiro atoms. The summed E-state index contributed by atoms with van der Waals surface area (Å²) >= 11 is 0. The SMILES string of the molecule is CCOc1cc(C2=CN(C(=O)c3ccc(O)cc3)CCN2)ccc1OC. The molecule has 0 atom stereocenters. The average Bonchev–Trinajstić information content (AvgIpc) is 2.68. The number of benzene rings is 2. The number of nitrogens with one attached hydrogen (secondary N) is 1. The first-order valence-electron chi connectivity index (χ1n) is 8.49. The highest BCUT2D eigenvalue weighted by Gasteiger charge is 2.19. The van der Waals surface area contributed by atoms with Crippen LogP contribution in [0, 0.1) is 0 Å². The number of amides is 1. The Hall–Kier alpha value is -3.15. The highest BCUT2D eigenvalue weighted by Crippen LogP contribution is 2.30. The maximum absolute atomic E-state index is 12.7. The van der Waals surface area contributed by atoms with Crippen molar-refractivity contribution in [3.63, 3.8) is 0 Å². The van der Waals surface area contributed by atoms with Gasteiger partial charge in [-0.25, -0.2) is 0 Å². The maximum Gasteiger partial charge on any atom is 0.257 e. The summed E-state index contributed by atoms with van der Waals surface area (Å²) in [5.41, 5.74) is 2.29. The molecule has 0 unspecified atom stereocenters. The zero-order chi connectivity index (χ0) is 18.5. The van der Waals surface area contributed by atoms with Crippen molar-refractivity contribution in [3.8, 4) is 17.2 Å². The van der Waals surface area contributed by atoms with E-state index in [0.717, 1.165) is 11.3 Å². The van der Waals surface area contributed by atoms with Crippen LogP contribution in [0.25, 0.3) is 5.70 Å². The van der Waals surface area contributed by atoms with Crippen LogP contribution in [0.15, 0.2) is 48.7 Å². The van der Waals surface area contributed by atoms with Gasteiger partial charge in [0.15, 0.2) is 11.5 Å². The van der Waals surface area contributed by atoms with Crippen LogP contribution in [0.3, 0.4) is 0 Å². The molecule has 6 nitrogen and oxygen atoms in total. The molecule has 0 aromatic heterocycles. The summed E-state index contributed by atoms with van der Waals surface area (Å²) in [5, 5.41) is 12.7. The third-order valence-corrected chi connectivity index (χ3v) is 4.10. The Labute approximate surface area is 152 Å². The largest absolute Gasteiger partial charge is 0.508 e. The smallest absolute Gasteiger partial charge is 0.257 e. The number of phenols is 1. The van der Waals surface area contributed by atoms with Crippen molar-refractivity contribution in [1.29, 1.82) is 0 Å². The highest BCUT2D eigenvalue weighted by molar-refractivity contribution is 5.95. The van der Waals surface area contributed by atoms with Gasteiger partial charge in [0, 0.05) is 30.4 Å². The molecule has 0 radical (unpaired) electrons. The summed E-state index contributed by atoms with van der Waals surface area (Å²) in [4.78, 5) is 14.4. The number of carbonyl (C=O) groups excluding carboxylic acids is 1. The van der Waals surface area contributed by atoms with Crippen molar-refractivity contribution in [2.24, 2.45) is 0 Å². The van der Waals surface area contributed by atoms with Gasteiger partial charge in [0.2, 0.25) is 0 Å². The molecule has 1 heterocycles. The molecule has 2 aromatic rings.